The van der Waals surface area contributed by atoms with Gasteiger partial charge in [0.25, 0.3) is 0 Å². The van der Waals surface area contributed by atoms with Crippen molar-refractivity contribution in [3.8, 4) is 0 Å². The standard InChI is InChI=1S/C2H5O5P2/c1-2-6-9(5)7-8(3)4/h2H2,1H3/q+1/p+1. The monoisotopic (exact) mass is 172 g/mol. The molecule has 52 valence electrons. The zero-order chi connectivity index (χ0) is 7.28. The number of hydrogen-bond donors (Lipinski definition) is 1. The Labute approximate surface area is 53.9 Å². The first-order valence-corrected chi connectivity index (χ1v) is 4.33. The van der Waals surface area contributed by atoms with Crippen molar-refractivity contribution in [2.45, 2.75) is 6.92 Å². The van der Waals surface area contributed by atoms with Gasteiger partial charge in [-0.15, -0.1) is 9.42 Å². The van der Waals surface area contributed by atoms with Gasteiger partial charge < -0.3 is 0 Å². The maximum absolute atomic E-state index is 10.2. The fourth-order valence-electron chi connectivity index (χ4n) is 0.186. The van der Waals surface area contributed by atoms with E-state index in [1.807, 2.05) is 0 Å². The second-order valence-electron chi connectivity index (χ2n) is 0.961. The van der Waals surface area contributed by atoms with E-state index in [4.69, 9.17) is 4.89 Å². The molecule has 0 aromatic rings. The molecule has 0 saturated heterocycles. The van der Waals surface area contributed by atoms with Crippen LogP contribution in [0.5, 0.6) is 0 Å². The van der Waals surface area contributed by atoms with Crippen molar-refractivity contribution in [1.82, 2.24) is 0 Å². The Bertz CT molecular complexity index is 122. The van der Waals surface area contributed by atoms with E-state index in [1.54, 1.807) is 6.92 Å². The van der Waals surface area contributed by atoms with E-state index < -0.39 is 16.5 Å². The van der Waals surface area contributed by atoms with Crippen molar-refractivity contribution >= 4 is 16.5 Å². The van der Waals surface area contributed by atoms with Gasteiger partial charge in [0.2, 0.25) is 0 Å². The molecule has 0 heterocycles. The summed E-state index contributed by atoms with van der Waals surface area (Å²) in [5.74, 6) is 0. The Hall–Kier alpha value is 0.0800. The molecular formula is C2H6O5P2+2. The van der Waals surface area contributed by atoms with Crippen LogP contribution >= 0.6 is 16.5 Å². The largest absolute Gasteiger partial charge is 0.747 e. The SMILES string of the molecule is CCO[P+](=O)O[P+](=O)O. The van der Waals surface area contributed by atoms with Crippen molar-refractivity contribution in [1.29, 1.82) is 0 Å². The van der Waals surface area contributed by atoms with Gasteiger partial charge in [-0.05, 0) is 6.92 Å². The van der Waals surface area contributed by atoms with Gasteiger partial charge >= 0.3 is 16.5 Å². The Morgan fingerprint density at radius 2 is 2.11 bits per heavy atom. The van der Waals surface area contributed by atoms with Crippen LogP contribution in [0, 0.1) is 0 Å². The fraction of sp³-hybridized carbons (Fsp3) is 1.00. The summed E-state index contributed by atoms with van der Waals surface area (Å²) in [6, 6.07) is 0. The molecule has 5 nitrogen and oxygen atoms in total. The zero-order valence-corrected chi connectivity index (χ0v) is 6.47. The van der Waals surface area contributed by atoms with Crippen molar-refractivity contribution < 1.29 is 22.9 Å². The molecule has 0 rings (SSSR count). The van der Waals surface area contributed by atoms with E-state index in [0.29, 0.717) is 0 Å². The van der Waals surface area contributed by atoms with E-state index >= 15 is 0 Å². The Kier molecular flexibility index (Phi) is 4.96. The molecule has 0 spiro atoms. The molecular weight excluding hydrogens is 166 g/mol. The average Bonchev–Trinajstić information content (AvgIpc) is 1.63. The van der Waals surface area contributed by atoms with Gasteiger partial charge in [-0.2, -0.15) is 0 Å². The van der Waals surface area contributed by atoms with E-state index in [2.05, 4.69) is 8.83 Å². The summed E-state index contributed by atoms with van der Waals surface area (Å²) in [5, 5.41) is 0. The lowest BCUT2D eigenvalue weighted by Crippen LogP contribution is -1.76. The molecule has 2 atom stereocenters. The van der Waals surface area contributed by atoms with Gasteiger partial charge in [-0.25, -0.2) is 0 Å². The van der Waals surface area contributed by atoms with Gasteiger partial charge in [0.15, 0.2) is 4.31 Å². The van der Waals surface area contributed by atoms with Crippen LogP contribution in [0.3, 0.4) is 0 Å². The third-order valence-electron chi connectivity index (χ3n) is 0.371. The Morgan fingerprint density at radius 1 is 1.56 bits per heavy atom. The summed E-state index contributed by atoms with van der Waals surface area (Å²) in [6.45, 7) is 1.79. The zero-order valence-electron chi connectivity index (χ0n) is 4.68. The highest BCUT2D eigenvalue weighted by atomic mass is 31.2. The first-order valence-electron chi connectivity index (χ1n) is 2.11. The maximum Gasteiger partial charge on any atom is 0.747 e. The highest BCUT2D eigenvalue weighted by Gasteiger charge is 2.35. The van der Waals surface area contributed by atoms with E-state index in [1.165, 1.54) is 0 Å². The molecule has 9 heavy (non-hydrogen) atoms. The van der Waals surface area contributed by atoms with Gasteiger partial charge in [0.1, 0.15) is 6.61 Å². The van der Waals surface area contributed by atoms with Crippen LogP contribution in [-0.4, -0.2) is 11.5 Å². The minimum absolute atomic E-state index is 0.193. The second-order valence-corrected chi connectivity index (χ2v) is 2.80. The lowest BCUT2D eigenvalue weighted by molar-refractivity contribution is 0.294. The van der Waals surface area contributed by atoms with Gasteiger partial charge in [0, 0.05) is 9.13 Å². The van der Waals surface area contributed by atoms with Gasteiger partial charge in [-0.1, -0.05) is 0 Å². The summed E-state index contributed by atoms with van der Waals surface area (Å²) in [5.41, 5.74) is 0. The summed E-state index contributed by atoms with van der Waals surface area (Å²) >= 11 is 0. The van der Waals surface area contributed by atoms with E-state index in [9.17, 15) is 9.13 Å². The molecule has 0 aromatic carbocycles. The number of rotatable bonds is 4. The molecule has 1 N–H and O–H groups in total. The lowest BCUT2D eigenvalue weighted by atomic mass is 10.9. The fourth-order valence-corrected chi connectivity index (χ4v) is 1.04. The van der Waals surface area contributed by atoms with Crippen LogP contribution in [-0.2, 0) is 18.0 Å². The van der Waals surface area contributed by atoms with Crippen LogP contribution in [0.15, 0.2) is 0 Å². The summed E-state index contributed by atoms with van der Waals surface area (Å²) in [4.78, 5) is 7.97. The molecule has 0 aromatic heterocycles. The van der Waals surface area contributed by atoms with Crippen molar-refractivity contribution in [3.63, 3.8) is 0 Å². The quantitative estimate of drug-likeness (QED) is 0.647. The first kappa shape index (κ1) is 9.08. The molecule has 7 heteroatoms. The molecule has 0 saturated carbocycles. The summed E-state index contributed by atoms with van der Waals surface area (Å²) in [6.07, 6.45) is 0. The van der Waals surface area contributed by atoms with Crippen LogP contribution < -0.4 is 0 Å². The molecule has 2 unspecified atom stereocenters. The van der Waals surface area contributed by atoms with E-state index in [-0.39, 0.29) is 6.61 Å². The third-order valence-corrected chi connectivity index (χ3v) is 1.93. The third kappa shape index (κ3) is 5.96. The van der Waals surface area contributed by atoms with Gasteiger partial charge in [-0.3, -0.25) is 0 Å². The molecule has 0 radical (unpaired) electrons. The van der Waals surface area contributed by atoms with Crippen molar-refractivity contribution in [3.05, 3.63) is 0 Å². The predicted octanol–water partition coefficient (Wildman–Crippen LogP) is 1.35. The summed E-state index contributed by atoms with van der Waals surface area (Å²) in [7, 11) is -5.21. The van der Waals surface area contributed by atoms with Crippen LogP contribution in [0.1, 0.15) is 6.92 Å². The minimum atomic E-state index is -2.81. The minimum Gasteiger partial charge on any atom is -0.131 e. The average molecular weight is 172 g/mol. The maximum atomic E-state index is 10.2. The van der Waals surface area contributed by atoms with Crippen molar-refractivity contribution in [2.75, 3.05) is 6.61 Å². The predicted molar refractivity (Wildman–Crippen MR) is 30.1 cm³/mol. The first-order chi connectivity index (χ1) is 4.16. The van der Waals surface area contributed by atoms with Crippen LogP contribution in [0.25, 0.3) is 0 Å². The van der Waals surface area contributed by atoms with E-state index in [0.717, 1.165) is 0 Å². The second kappa shape index (κ2) is 4.91. The Balaban J connectivity index is 3.39. The molecule has 0 aliphatic rings. The van der Waals surface area contributed by atoms with Crippen molar-refractivity contribution in [2.24, 2.45) is 0 Å². The number of hydrogen-bond acceptors (Lipinski definition) is 4. The topological polar surface area (TPSA) is 72.8 Å². The van der Waals surface area contributed by atoms with Crippen LogP contribution in [0.4, 0.5) is 0 Å². The van der Waals surface area contributed by atoms with Gasteiger partial charge in [0.05, 0.1) is 0 Å². The Morgan fingerprint density at radius 3 is 2.44 bits per heavy atom. The lowest BCUT2D eigenvalue weighted by Gasteiger charge is -1.70. The normalized spacial score (nSPS) is 13.1. The molecule has 0 amide bonds. The molecule has 0 aliphatic carbocycles. The highest BCUT2D eigenvalue weighted by molar-refractivity contribution is 7.47. The highest BCUT2D eigenvalue weighted by Crippen LogP contribution is 2.35. The molecule has 0 fully saturated rings. The van der Waals surface area contributed by atoms with Crippen LogP contribution in [0.2, 0.25) is 0 Å². The molecule has 0 aliphatic heterocycles. The summed E-state index contributed by atoms with van der Waals surface area (Å²) < 4.78 is 28.1. The molecule has 0 bridgehead atoms. The smallest absolute Gasteiger partial charge is 0.131 e.